The van der Waals surface area contributed by atoms with E-state index in [4.69, 9.17) is 11.6 Å². The molecule has 0 atom stereocenters. The second-order valence-corrected chi connectivity index (χ2v) is 2.90. The van der Waals surface area contributed by atoms with Crippen molar-refractivity contribution in [2.24, 2.45) is 0 Å². The van der Waals surface area contributed by atoms with Crippen molar-refractivity contribution in [3.05, 3.63) is 16.9 Å². The molecule has 0 spiro atoms. The standard InChI is InChI=1S/C8H6ClF4NO2/c1-15-4-2-3(16-8(12)13)5(7(10)11)14-6(4)9/h2,7-8H,1H3. The van der Waals surface area contributed by atoms with Crippen molar-refractivity contribution in [2.75, 3.05) is 7.11 Å². The van der Waals surface area contributed by atoms with Gasteiger partial charge in [0, 0.05) is 6.07 Å². The summed E-state index contributed by atoms with van der Waals surface area (Å²) in [6.45, 7) is -3.23. The van der Waals surface area contributed by atoms with E-state index in [1.807, 2.05) is 0 Å². The van der Waals surface area contributed by atoms with Crippen LogP contribution in [0.2, 0.25) is 5.15 Å². The minimum absolute atomic E-state index is 0.123. The first-order valence-electron chi connectivity index (χ1n) is 3.93. The minimum Gasteiger partial charge on any atom is -0.493 e. The molecule has 1 rings (SSSR count). The Morgan fingerprint density at radius 1 is 1.25 bits per heavy atom. The first kappa shape index (κ1) is 12.8. The number of rotatable bonds is 4. The molecule has 0 bridgehead atoms. The molecule has 90 valence electrons. The Hall–Kier alpha value is -1.24. The van der Waals surface area contributed by atoms with Gasteiger partial charge >= 0.3 is 6.61 Å². The summed E-state index contributed by atoms with van der Waals surface area (Å²) in [6.07, 6.45) is -3.07. The van der Waals surface area contributed by atoms with Crippen molar-refractivity contribution in [3.8, 4) is 11.5 Å². The predicted octanol–water partition coefficient (Wildman–Crippen LogP) is 3.28. The van der Waals surface area contributed by atoms with Gasteiger partial charge in [0.05, 0.1) is 7.11 Å². The van der Waals surface area contributed by atoms with E-state index in [1.54, 1.807) is 0 Å². The molecule has 0 aromatic carbocycles. The van der Waals surface area contributed by atoms with E-state index in [2.05, 4.69) is 14.5 Å². The Bertz CT molecular complexity index is 375. The highest BCUT2D eigenvalue weighted by Gasteiger charge is 2.22. The van der Waals surface area contributed by atoms with Crippen LogP contribution in [0, 0.1) is 0 Å². The van der Waals surface area contributed by atoms with Crippen molar-refractivity contribution in [1.29, 1.82) is 0 Å². The lowest BCUT2D eigenvalue weighted by Gasteiger charge is -2.11. The minimum atomic E-state index is -3.23. The monoisotopic (exact) mass is 259 g/mol. The van der Waals surface area contributed by atoms with Gasteiger partial charge in [-0.15, -0.1) is 0 Å². The van der Waals surface area contributed by atoms with E-state index < -0.39 is 24.5 Å². The molecule has 0 N–H and O–H groups in total. The van der Waals surface area contributed by atoms with Crippen LogP contribution < -0.4 is 9.47 Å². The molecular weight excluding hydrogens is 254 g/mol. The molecule has 1 aromatic heterocycles. The van der Waals surface area contributed by atoms with Crippen LogP contribution in [-0.2, 0) is 0 Å². The van der Waals surface area contributed by atoms with Gasteiger partial charge in [-0.05, 0) is 0 Å². The zero-order valence-electron chi connectivity index (χ0n) is 7.89. The number of halogens is 5. The summed E-state index contributed by atoms with van der Waals surface area (Å²) in [4.78, 5) is 3.23. The van der Waals surface area contributed by atoms with Crippen LogP contribution in [-0.4, -0.2) is 18.7 Å². The summed E-state index contributed by atoms with van der Waals surface area (Å²) in [5.74, 6) is -0.882. The summed E-state index contributed by atoms with van der Waals surface area (Å²) in [6, 6.07) is 0.836. The summed E-state index contributed by atoms with van der Waals surface area (Å²) in [5, 5.41) is -0.348. The Morgan fingerprint density at radius 3 is 2.31 bits per heavy atom. The maximum atomic E-state index is 12.4. The fourth-order valence-corrected chi connectivity index (χ4v) is 1.18. The molecule has 0 saturated carbocycles. The van der Waals surface area contributed by atoms with Gasteiger partial charge in [0.25, 0.3) is 6.43 Å². The van der Waals surface area contributed by atoms with E-state index in [0.29, 0.717) is 0 Å². The van der Waals surface area contributed by atoms with Crippen molar-refractivity contribution >= 4 is 11.6 Å². The molecule has 16 heavy (non-hydrogen) atoms. The largest absolute Gasteiger partial charge is 0.493 e. The van der Waals surface area contributed by atoms with Crippen LogP contribution in [0.25, 0.3) is 0 Å². The number of hydrogen-bond acceptors (Lipinski definition) is 3. The summed E-state index contributed by atoms with van der Waals surface area (Å²) >= 11 is 5.47. The van der Waals surface area contributed by atoms with Crippen molar-refractivity contribution in [3.63, 3.8) is 0 Å². The van der Waals surface area contributed by atoms with E-state index >= 15 is 0 Å². The first-order chi connectivity index (χ1) is 7.45. The number of methoxy groups -OCH3 is 1. The Balaban J connectivity index is 3.19. The second-order valence-electron chi connectivity index (χ2n) is 2.54. The highest BCUT2D eigenvalue weighted by atomic mass is 35.5. The zero-order valence-corrected chi connectivity index (χ0v) is 8.64. The number of ether oxygens (including phenoxy) is 2. The molecule has 0 fully saturated rings. The number of hydrogen-bond donors (Lipinski definition) is 0. The fourth-order valence-electron chi connectivity index (χ4n) is 0.958. The van der Waals surface area contributed by atoms with Gasteiger partial charge in [-0.25, -0.2) is 13.8 Å². The third-order valence-electron chi connectivity index (χ3n) is 1.58. The molecule has 0 radical (unpaired) electrons. The molecule has 0 aliphatic carbocycles. The van der Waals surface area contributed by atoms with Crippen LogP contribution in [0.4, 0.5) is 17.6 Å². The molecule has 0 unspecified atom stereocenters. The molecule has 1 heterocycles. The average molecular weight is 260 g/mol. The molecular formula is C8H6ClF4NO2. The summed E-state index contributed by atoms with van der Waals surface area (Å²) in [7, 11) is 1.19. The fraction of sp³-hybridized carbons (Fsp3) is 0.375. The lowest BCUT2D eigenvalue weighted by atomic mass is 10.3. The first-order valence-corrected chi connectivity index (χ1v) is 4.31. The van der Waals surface area contributed by atoms with Crippen LogP contribution in [0.1, 0.15) is 12.1 Å². The zero-order chi connectivity index (χ0) is 12.3. The Morgan fingerprint density at radius 2 is 1.88 bits per heavy atom. The molecule has 0 aliphatic heterocycles. The number of aromatic nitrogens is 1. The third kappa shape index (κ3) is 2.88. The van der Waals surface area contributed by atoms with Gasteiger partial charge in [-0.1, -0.05) is 11.6 Å². The van der Waals surface area contributed by atoms with Crippen LogP contribution in [0.15, 0.2) is 6.07 Å². The van der Waals surface area contributed by atoms with E-state index in [9.17, 15) is 17.6 Å². The smallest absolute Gasteiger partial charge is 0.387 e. The number of pyridine rings is 1. The summed E-state index contributed by atoms with van der Waals surface area (Å²) in [5.41, 5.74) is -0.953. The molecule has 1 aromatic rings. The Kier molecular flexibility index (Phi) is 4.17. The number of alkyl halides is 4. The van der Waals surface area contributed by atoms with Gasteiger partial charge in [-0.2, -0.15) is 8.78 Å². The van der Waals surface area contributed by atoms with E-state index in [1.165, 1.54) is 7.11 Å². The quantitative estimate of drug-likeness (QED) is 0.614. The van der Waals surface area contributed by atoms with Crippen molar-refractivity contribution in [1.82, 2.24) is 4.98 Å². The van der Waals surface area contributed by atoms with Crippen LogP contribution in [0.5, 0.6) is 11.5 Å². The van der Waals surface area contributed by atoms with Crippen molar-refractivity contribution in [2.45, 2.75) is 13.0 Å². The van der Waals surface area contributed by atoms with Gasteiger partial charge in [0.15, 0.2) is 22.3 Å². The molecule has 0 amide bonds. The topological polar surface area (TPSA) is 31.4 Å². The van der Waals surface area contributed by atoms with Gasteiger partial charge in [0.2, 0.25) is 0 Å². The maximum Gasteiger partial charge on any atom is 0.387 e. The van der Waals surface area contributed by atoms with E-state index in [0.717, 1.165) is 6.07 Å². The molecule has 8 heteroatoms. The van der Waals surface area contributed by atoms with Crippen LogP contribution in [0.3, 0.4) is 0 Å². The second kappa shape index (κ2) is 5.20. The van der Waals surface area contributed by atoms with E-state index in [-0.39, 0.29) is 10.9 Å². The van der Waals surface area contributed by atoms with Crippen LogP contribution >= 0.6 is 11.6 Å². The van der Waals surface area contributed by atoms with Gasteiger partial charge in [0.1, 0.15) is 0 Å². The SMILES string of the molecule is COc1cc(OC(F)F)c(C(F)F)nc1Cl. The highest BCUT2D eigenvalue weighted by molar-refractivity contribution is 6.30. The third-order valence-corrected chi connectivity index (χ3v) is 1.85. The maximum absolute atomic E-state index is 12.4. The average Bonchev–Trinajstić information content (AvgIpc) is 2.19. The normalized spacial score (nSPS) is 11.0. The molecule has 0 aliphatic rings. The van der Waals surface area contributed by atoms with Crippen molar-refractivity contribution < 1.29 is 27.0 Å². The lowest BCUT2D eigenvalue weighted by molar-refractivity contribution is -0.0525. The molecule has 0 saturated heterocycles. The van der Waals surface area contributed by atoms with Gasteiger partial charge in [-0.3, -0.25) is 0 Å². The highest BCUT2D eigenvalue weighted by Crippen LogP contribution is 2.35. The molecule has 3 nitrogen and oxygen atoms in total. The Labute approximate surface area is 92.9 Å². The summed E-state index contributed by atoms with van der Waals surface area (Å²) < 4.78 is 57.2. The lowest BCUT2D eigenvalue weighted by Crippen LogP contribution is -2.07. The predicted molar refractivity (Wildman–Crippen MR) is 47.4 cm³/mol. The number of nitrogens with zero attached hydrogens (tertiary/aromatic N) is 1. The van der Waals surface area contributed by atoms with Gasteiger partial charge < -0.3 is 9.47 Å².